The molecule has 1 aromatic carbocycles. The Morgan fingerprint density at radius 2 is 2.00 bits per heavy atom. The van der Waals surface area contributed by atoms with E-state index >= 15 is 0 Å². The van der Waals surface area contributed by atoms with Gasteiger partial charge in [-0.15, -0.1) is 0 Å². The average molecular weight is 265 g/mol. The standard InChI is InChI=1S/C15H21ClN2/c16-14-9-11(7-8-17)3-6-15(14)18(13-4-5-13)10-12-1-2-12/h3,6,9,12-13H,1-2,4-5,7-8,10,17H2. The van der Waals surface area contributed by atoms with Gasteiger partial charge in [-0.2, -0.15) is 0 Å². The minimum atomic E-state index is 0.685. The van der Waals surface area contributed by atoms with Crippen molar-refractivity contribution in [3.05, 3.63) is 28.8 Å². The lowest BCUT2D eigenvalue weighted by Gasteiger charge is -2.26. The number of benzene rings is 1. The van der Waals surface area contributed by atoms with Gasteiger partial charge in [0.15, 0.2) is 0 Å². The molecule has 2 aliphatic carbocycles. The van der Waals surface area contributed by atoms with E-state index in [-0.39, 0.29) is 0 Å². The van der Waals surface area contributed by atoms with Crippen LogP contribution in [0.15, 0.2) is 18.2 Å². The van der Waals surface area contributed by atoms with Gasteiger partial charge < -0.3 is 10.6 Å². The van der Waals surface area contributed by atoms with Gasteiger partial charge in [-0.05, 0) is 62.3 Å². The maximum Gasteiger partial charge on any atom is 0.0642 e. The first-order valence-electron chi connectivity index (χ1n) is 7.03. The van der Waals surface area contributed by atoms with Crippen LogP contribution < -0.4 is 10.6 Å². The van der Waals surface area contributed by atoms with Gasteiger partial charge in [-0.3, -0.25) is 0 Å². The van der Waals surface area contributed by atoms with Crippen molar-refractivity contribution in [2.45, 2.75) is 38.1 Å². The van der Waals surface area contributed by atoms with Gasteiger partial charge >= 0.3 is 0 Å². The largest absolute Gasteiger partial charge is 0.367 e. The highest BCUT2D eigenvalue weighted by Gasteiger charge is 2.34. The lowest BCUT2D eigenvalue weighted by atomic mass is 10.1. The second-order valence-electron chi connectivity index (χ2n) is 5.65. The molecule has 0 unspecified atom stereocenters. The Morgan fingerprint density at radius 1 is 1.22 bits per heavy atom. The smallest absolute Gasteiger partial charge is 0.0642 e. The van der Waals surface area contributed by atoms with Crippen LogP contribution in [0.2, 0.25) is 5.02 Å². The van der Waals surface area contributed by atoms with Crippen molar-refractivity contribution >= 4 is 17.3 Å². The quantitative estimate of drug-likeness (QED) is 0.855. The van der Waals surface area contributed by atoms with E-state index in [1.165, 1.54) is 43.5 Å². The molecule has 0 spiro atoms. The monoisotopic (exact) mass is 264 g/mol. The lowest BCUT2D eigenvalue weighted by molar-refractivity contribution is 0.719. The molecular formula is C15H21ClN2. The van der Waals surface area contributed by atoms with E-state index < -0.39 is 0 Å². The van der Waals surface area contributed by atoms with Crippen LogP contribution in [0.3, 0.4) is 0 Å². The fraction of sp³-hybridized carbons (Fsp3) is 0.600. The molecule has 2 fully saturated rings. The number of hydrogen-bond donors (Lipinski definition) is 1. The Hall–Kier alpha value is -0.730. The SMILES string of the molecule is NCCc1ccc(N(CC2CC2)C2CC2)c(Cl)c1. The van der Waals surface area contributed by atoms with Crippen molar-refractivity contribution in [2.24, 2.45) is 11.7 Å². The van der Waals surface area contributed by atoms with Crippen LogP contribution in [0.5, 0.6) is 0 Å². The molecule has 0 aliphatic heterocycles. The van der Waals surface area contributed by atoms with E-state index in [0.29, 0.717) is 6.54 Å². The van der Waals surface area contributed by atoms with Crippen LogP contribution in [0.25, 0.3) is 0 Å². The van der Waals surface area contributed by atoms with E-state index in [1.54, 1.807) is 0 Å². The maximum absolute atomic E-state index is 6.45. The molecule has 0 atom stereocenters. The minimum Gasteiger partial charge on any atom is -0.367 e. The fourth-order valence-corrected chi connectivity index (χ4v) is 2.83. The Morgan fingerprint density at radius 3 is 2.56 bits per heavy atom. The molecule has 2 aliphatic rings. The Bertz CT molecular complexity index is 425. The molecule has 0 heterocycles. The average Bonchev–Trinajstić information content (AvgIpc) is 3.21. The van der Waals surface area contributed by atoms with Crippen LogP contribution in [0.1, 0.15) is 31.2 Å². The van der Waals surface area contributed by atoms with Gasteiger partial charge in [0.05, 0.1) is 10.7 Å². The third kappa shape index (κ3) is 2.81. The molecule has 0 bridgehead atoms. The molecular weight excluding hydrogens is 244 g/mol. The highest BCUT2D eigenvalue weighted by molar-refractivity contribution is 6.33. The summed E-state index contributed by atoms with van der Waals surface area (Å²) in [4.78, 5) is 2.53. The van der Waals surface area contributed by atoms with Crippen LogP contribution in [0.4, 0.5) is 5.69 Å². The molecule has 2 saturated carbocycles. The summed E-state index contributed by atoms with van der Waals surface area (Å²) in [6.07, 6.45) is 6.35. The van der Waals surface area contributed by atoms with Crippen LogP contribution in [-0.4, -0.2) is 19.1 Å². The van der Waals surface area contributed by atoms with Crippen molar-refractivity contribution in [1.29, 1.82) is 0 Å². The van der Waals surface area contributed by atoms with Crippen molar-refractivity contribution in [1.82, 2.24) is 0 Å². The van der Waals surface area contributed by atoms with Crippen molar-refractivity contribution in [3.8, 4) is 0 Å². The molecule has 2 N–H and O–H groups in total. The van der Waals surface area contributed by atoms with E-state index in [9.17, 15) is 0 Å². The van der Waals surface area contributed by atoms with Crippen LogP contribution in [-0.2, 0) is 6.42 Å². The number of nitrogens with zero attached hydrogens (tertiary/aromatic N) is 1. The second kappa shape index (κ2) is 5.10. The topological polar surface area (TPSA) is 29.3 Å². The van der Waals surface area contributed by atoms with Crippen molar-refractivity contribution in [3.63, 3.8) is 0 Å². The summed E-state index contributed by atoms with van der Waals surface area (Å²) in [5.74, 6) is 0.908. The summed E-state index contributed by atoms with van der Waals surface area (Å²) < 4.78 is 0. The summed E-state index contributed by atoms with van der Waals surface area (Å²) in [6, 6.07) is 7.19. The number of anilines is 1. The molecule has 1 aromatic rings. The number of halogens is 1. The van der Waals surface area contributed by atoms with E-state index in [2.05, 4.69) is 23.1 Å². The van der Waals surface area contributed by atoms with E-state index in [4.69, 9.17) is 17.3 Å². The summed E-state index contributed by atoms with van der Waals surface area (Å²) in [7, 11) is 0. The summed E-state index contributed by atoms with van der Waals surface area (Å²) in [5.41, 5.74) is 8.06. The van der Waals surface area contributed by atoms with Crippen LogP contribution >= 0.6 is 11.6 Å². The zero-order valence-corrected chi connectivity index (χ0v) is 11.5. The first kappa shape index (κ1) is 12.3. The summed E-state index contributed by atoms with van der Waals surface area (Å²) in [5, 5.41) is 0.897. The molecule has 2 nitrogen and oxygen atoms in total. The van der Waals surface area contributed by atoms with Gasteiger partial charge in [0.1, 0.15) is 0 Å². The Labute approximate surface area is 114 Å². The predicted octanol–water partition coefficient (Wildman–Crippen LogP) is 3.22. The molecule has 3 rings (SSSR count). The third-order valence-electron chi connectivity index (χ3n) is 3.89. The normalized spacial score (nSPS) is 19.0. The fourth-order valence-electron chi connectivity index (χ4n) is 2.51. The third-order valence-corrected chi connectivity index (χ3v) is 4.20. The van der Waals surface area contributed by atoms with Gasteiger partial charge in [0.2, 0.25) is 0 Å². The molecule has 3 heteroatoms. The predicted molar refractivity (Wildman–Crippen MR) is 77.3 cm³/mol. The molecule has 0 radical (unpaired) electrons. The Kier molecular flexibility index (Phi) is 3.49. The summed E-state index contributed by atoms with van der Waals surface area (Å²) >= 11 is 6.45. The Balaban J connectivity index is 1.79. The lowest BCUT2D eigenvalue weighted by Crippen LogP contribution is -2.28. The highest BCUT2D eigenvalue weighted by Crippen LogP contribution is 2.40. The van der Waals surface area contributed by atoms with Gasteiger partial charge in [-0.1, -0.05) is 17.7 Å². The molecule has 0 saturated heterocycles. The van der Waals surface area contributed by atoms with Crippen molar-refractivity contribution in [2.75, 3.05) is 18.0 Å². The zero-order chi connectivity index (χ0) is 12.5. The highest BCUT2D eigenvalue weighted by atomic mass is 35.5. The number of nitrogens with two attached hydrogens (primary N) is 1. The summed E-state index contributed by atoms with van der Waals surface area (Å²) in [6.45, 7) is 1.88. The van der Waals surface area contributed by atoms with Crippen LogP contribution in [0, 0.1) is 5.92 Å². The van der Waals surface area contributed by atoms with Gasteiger partial charge in [-0.25, -0.2) is 0 Å². The molecule has 18 heavy (non-hydrogen) atoms. The maximum atomic E-state index is 6.45. The van der Waals surface area contributed by atoms with E-state index in [0.717, 1.165) is 23.4 Å². The first-order chi connectivity index (χ1) is 8.78. The molecule has 98 valence electrons. The van der Waals surface area contributed by atoms with Crippen molar-refractivity contribution < 1.29 is 0 Å². The number of hydrogen-bond acceptors (Lipinski definition) is 2. The number of rotatable bonds is 6. The van der Waals surface area contributed by atoms with Gasteiger partial charge in [0, 0.05) is 12.6 Å². The minimum absolute atomic E-state index is 0.685. The first-order valence-corrected chi connectivity index (χ1v) is 7.41. The zero-order valence-electron chi connectivity index (χ0n) is 10.7. The van der Waals surface area contributed by atoms with Gasteiger partial charge in [0.25, 0.3) is 0 Å². The molecule has 0 aromatic heterocycles. The second-order valence-corrected chi connectivity index (χ2v) is 6.06. The van der Waals surface area contributed by atoms with E-state index in [1.807, 2.05) is 0 Å². The molecule has 0 amide bonds.